The molecule has 1 aromatic carbocycles. The highest BCUT2D eigenvalue weighted by Crippen LogP contribution is 2.29. The molecule has 1 aliphatic heterocycles. The summed E-state index contributed by atoms with van der Waals surface area (Å²) in [5.41, 5.74) is 3.97. The number of nitrogens with zero attached hydrogens (tertiary/aromatic N) is 6. The van der Waals surface area contributed by atoms with Crippen LogP contribution < -0.4 is 5.32 Å². The van der Waals surface area contributed by atoms with Crippen LogP contribution in [0.4, 0.5) is 4.39 Å². The average Bonchev–Trinajstić information content (AvgIpc) is 3.13. The van der Waals surface area contributed by atoms with E-state index < -0.39 is 0 Å². The van der Waals surface area contributed by atoms with Gasteiger partial charge in [0, 0.05) is 16.9 Å². The lowest BCUT2D eigenvalue weighted by molar-refractivity contribution is 0.451. The Hall–Kier alpha value is -2.86. The van der Waals surface area contributed by atoms with Crippen molar-refractivity contribution in [1.82, 2.24) is 30.1 Å². The zero-order valence-electron chi connectivity index (χ0n) is 16.7. The molecule has 0 aliphatic carbocycles. The standard InChI is InChI=1S/C21H18FN7.2ClH/c1-12-11-29-21(25-12)15(10-23)8-19(28-29)14-6-17(22)16-9-18(26-27-20(16)7-14)13-2-4-24-5-3-13;;/h6-9,11,13,24H,2-5H2,1H3;2*1H. The summed E-state index contributed by atoms with van der Waals surface area (Å²) < 4.78 is 16.5. The van der Waals surface area contributed by atoms with Gasteiger partial charge < -0.3 is 5.32 Å². The van der Waals surface area contributed by atoms with Crippen molar-refractivity contribution < 1.29 is 4.39 Å². The number of piperidine rings is 1. The van der Waals surface area contributed by atoms with Crippen LogP contribution >= 0.6 is 24.8 Å². The largest absolute Gasteiger partial charge is 0.317 e. The third kappa shape index (κ3) is 4.17. The van der Waals surface area contributed by atoms with E-state index in [9.17, 15) is 9.65 Å². The lowest BCUT2D eigenvalue weighted by atomic mass is 9.93. The molecule has 31 heavy (non-hydrogen) atoms. The second-order valence-corrected chi connectivity index (χ2v) is 7.39. The molecular weight excluding hydrogens is 440 g/mol. The summed E-state index contributed by atoms with van der Waals surface area (Å²) in [6, 6.07) is 8.78. The number of rotatable bonds is 2. The van der Waals surface area contributed by atoms with Crippen molar-refractivity contribution in [3.05, 3.63) is 53.2 Å². The predicted molar refractivity (Wildman–Crippen MR) is 120 cm³/mol. The second-order valence-electron chi connectivity index (χ2n) is 7.39. The van der Waals surface area contributed by atoms with Crippen molar-refractivity contribution in [3.8, 4) is 17.3 Å². The summed E-state index contributed by atoms with van der Waals surface area (Å²) in [4.78, 5) is 4.32. The van der Waals surface area contributed by atoms with Crippen LogP contribution in [0.25, 0.3) is 27.8 Å². The van der Waals surface area contributed by atoms with Crippen LogP contribution in [0.1, 0.15) is 35.7 Å². The number of hydrogen-bond donors (Lipinski definition) is 1. The van der Waals surface area contributed by atoms with Crippen LogP contribution in [0, 0.1) is 24.1 Å². The molecule has 0 radical (unpaired) electrons. The van der Waals surface area contributed by atoms with Crippen LogP contribution in [0.2, 0.25) is 0 Å². The van der Waals surface area contributed by atoms with Gasteiger partial charge in [-0.1, -0.05) is 0 Å². The minimum absolute atomic E-state index is 0. The SMILES string of the molecule is Cc1cn2nc(-c3cc(F)c4cc(C5CCNCC5)nnc4c3)cc(C#N)c2n1.Cl.Cl. The normalized spacial score (nSPS) is 14.1. The van der Waals surface area contributed by atoms with Gasteiger partial charge in [0.2, 0.25) is 0 Å². The maximum absolute atomic E-state index is 15.0. The minimum atomic E-state index is -0.371. The molecule has 1 saturated heterocycles. The first-order chi connectivity index (χ1) is 14.1. The summed E-state index contributed by atoms with van der Waals surface area (Å²) in [6.45, 7) is 3.71. The van der Waals surface area contributed by atoms with Crippen molar-refractivity contribution in [2.24, 2.45) is 0 Å². The fourth-order valence-electron chi connectivity index (χ4n) is 3.90. The lowest BCUT2D eigenvalue weighted by Gasteiger charge is -2.21. The predicted octanol–water partition coefficient (Wildman–Crippen LogP) is 3.97. The quantitative estimate of drug-likeness (QED) is 0.487. The van der Waals surface area contributed by atoms with Crippen LogP contribution in [0.15, 0.2) is 30.5 Å². The molecule has 5 rings (SSSR count). The molecule has 4 heterocycles. The third-order valence-electron chi connectivity index (χ3n) is 5.39. The molecule has 160 valence electrons. The average molecular weight is 460 g/mol. The molecule has 0 atom stereocenters. The van der Waals surface area contributed by atoms with E-state index >= 15 is 0 Å². The molecule has 7 nitrogen and oxygen atoms in total. The Bertz CT molecular complexity index is 1290. The van der Waals surface area contributed by atoms with Gasteiger partial charge in [-0.05, 0) is 57.1 Å². The van der Waals surface area contributed by atoms with E-state index in [1.807, 2.05) is 13.0 Å². The first kappa shape index (κ1) is 22.8. The van der Waals surface area contributed by atoms with E-state index in [2.05, 4.69) is 31.7 Å². The molecule has 1 aliphatic rings. The number of nitrogens with one attached hydrogen (secondary N) is 1. The highest BCUT2D eigenvalue weighted by atomic mass is 35.5. The van der Waals surface area contributed by atoms with Gasteiger partial charge in [-0.15, -0.1) is 24.8 Å². The van der Waals surface area contributed by atoms with Crippen LogP contribution in [0.3, 0.4) is 0 Å². The van der Waals surface area contributed by atoms with Crippen LogP contribution in [-0.4, -0.2) is 37.9 Å². The number of aryl methyl sites for hydroxylation is 1. The molecule has 10 heteroatoms. The van der Waals surface area contributed by atoms with Gasteiger partial charge in [-0.2, -0.15) is 20.6 Å². The highest BCUT2D eigenvalue weighted by molar-refractivity contribution is 5.86. The number of nitriles is 1. The van der Waals surface area contributed by atoms with Crippen LogP contribution in [-0.2, 0) is 0 Å². The molecule has 0 bridgehead atoms. The Kier molecular flexibility index (Phi) is 6.70. The number of halogens is 3. The second kappa shape index (κ2) is 9.10. The summed E-state index contributed by atoms with van der Waals surface area (Å²) >= 11 is 0. The molecular formula is C21H20Cl2FN7. The topological polar surface area (TPSA) is 91.8 Å². The Morgan fingerprint density at radius 1 is 1.13 bits per heavy atom. The van der Waals surface area contributed by atoms with Gasteiger partial charge in [0.25, 0.3) is 0 Å². The Balaban J connectivity index is 0.00000136. The van der Waals surface area contributed by atoms with E-state index in [1.165, 1.54) is 6.07 Å². The van der Waals surface area contributed by atoms with Gasteiger partial charge in [0.05, 0.1) is 34.4 Å². The number of aromatic nitrogens is 5. The lowest BCUT2D eigenvalue weighted by Crippen LogP contribution is -2.27. The van der Waals surface area contributed by atoms with Crippen molar-refractivity contribution in [1.29, 1.82) is 5.26 Å². The van der Waals surface area contributed by atoms with E-state index in [0.29, 0.717) is 39.3 Å². The molecule has 1 N–H and O–H groups in total. The van der Waals surface area contributed by atoms with Crippen molar-refractivity contribution in [3.63, 3.8) is 0 Å². The van der Waals surface area contributed by atoms with E-state index in [1.54, 1.807) is 22.8 Å². The maximum atomic E-state index is 15.0. The first-order valence-corrected chi connectivity index (χ1v) is 9.57. The summed E-state index contributed by atoms with van der Waals surface area (Å²) in [5.74, 6) is -0.0660. The van der Waals surface area contributed by atoms with Crippen molar-refractivity contribution >= 4 is 41.4 Å². The summed E-state index contributed by atoms with van der Waals surface area (Å²) in [7, 11) is 0. The van der Waals surface area contributed by atoms with Crippen LogP contribution in [0.5, 0.6) is 0 Å². The Morgan fingerprint density at radius 3 is 2.65 bits per heavy atom. The third-order valence-corrected chi connectivity index (χ3v) is 5.39. The van der Waals surface area contributed by atoms with Gasteiger partial charge in [0.15, 0.2) is 5.65 Å². The van der Waals surface area contributed by atoms with Gasteiger partial charge >= 0.3 is 0 Å². The Morgan fingerprint density at radius 2 is 1.90 bits per heavy atom. The molecule has 1 fully saturated rings. The van der Waals surface area contributed by atoms with Gasteiger partial charge in [-0.25, -0.2) is 13.9 Å². The minimum Gasteiger partial charge on any atom is -0.317 e. The molecule has 3 aromatic heterocycles. The van der Waals surface area contributed by atoms with Gasteiger partial charge in [0.1, 0.15) is 11.9 Å². The maximum Gasteiger partial charge on any atom is 0.171 e. The highest BCUT2D eigenvalue weighted by Gasteiger charge is 2.19. The fraction of sp³-hybridized carbons (Fsp3) is 0.286. The van der Waals surface area contributed by atoms with Crippen molar-refractivity contribution in [2.75, 3.05) is 13.1 Å². The number of hydrogen-bond acceptors (Lipinski definition) is 6. The number of fused-ring (bicyclic) bond motifs is 2. The van der Waals surface area contributed by atoms with E-state index in [0.717, 1.165) is 37.3 Å². The zero-order valence-corrected chi connectivity index (χ0v) is 18.3. The van der Waals surface area contributed by atoms with E-state index in [-0.39, 0.29) is 30.6 Å². The first-order valence-electron chi connectivity index (χ1n) is 9.57. The summed E-state index contributed by atoms with van der Waals surface area (Å²) in [5, 5.41) is 26.4. The van der Waals surface area contributed by atoms with Gasteiger partial charge in [-0.3, -0.25) is 0 Å². The molecule has 4 aromatic rings. The Labute approximate surface area is 190 Å². The zero-order chi connectivity index (χ0) is 20.0. The molecule has 0 unspecified atom stereocenters. The number of imidazole rings is 1. The molecule has 0 saturated carbocycles. The molecule has 0 spiro atoms. The summed E-state index contributed by atoms with van der Waals surface area (Å²) in [6.07, 6.45) is 3.69. The molecule has 0 amide bonds. The fourth-order valence-corrected chi connectivity index (χ4v) is 3.90. The van der Waals surface area contributed by atoms with E-state index in [4.69, 9.17) is 0 Å². The number of benzene rings is 1. The smallest absolute Gasteiger partial charge is 0.171 e. The monoisotopic (exact) mass is 459 g/mol. The van der Waals surface area contributed by atoms with Crippen molar-refractivity contribution in [2.45, 2.75) is 25.7 Å².